The van der Waals surface area contributed by atoms with Gasteiger partial charge in [0.1, 0.15) is 0 Å². The van der Waals surface area contributed by atoms with Crippen molar-refractivity contribution in [3.63, 3.8) is 0 Å². The number of aryl methyl sites for hydroxylation is 3. The summed E-state index contributed by atoms with van der Waals surface area (Å²) >= 11 is 0. The van der Waals surface area contributed by atoms with Crippen LogP contribution in [0.25, 0.3) is 0 Å². The standard InChI is InChI=1S/C23H25NO2/c1-19-11-6-8-16-22(19)25-24(26-23-17-9-7-12-20(23)2)18-10-15-21-13-4-3-5-14-21/h3-9,11-14,16-17H,10,15,18H2,1-2H3. The van der Waals surface area contributed by atoms with Gasteiger partial charge in [-0.15, -0.1) is 0 Å². The molecule has 0 saturated carbocycles. The van der Waals surface area contributed by atoms with E-state index in [-0.39, 0.29) is 0 Å². The molecule has 0 heterocycles. The van der Waals surface area contributed by atoms with E-state index in [2.05, 4.69) is 24.3 Å². The van der Waals surface area contributed by atoms with E-state index in [1.165, 1.54) is 5.56 Å². The summed E-state index contributed by atoms with van der Waals surface area (Å²) in [6.45, 7) is 4.73. The molecule has 134 valence electrons. The molecule has 0 aliphatic carbocycles. The van der Waals surface area contributed by atoms with Gasteiger partial charge in [0.25, 0.3) is 0 Å². The molecule has 0 spiro atoms. The maximum atomic E-state index is 6.05. The average molecular weight is 347 g/mol. The fraction of sp³-hybridized carbons (Fsp3) is 0.217. The van der Waals surface area contributed by atoms with Crippen LogP contribution in [0.15, 0.2) is 78.9 Å². The second kappa shape index (κ2) is 9.07. The van der Waals surface area contributed by atoms with Crippen LogP contribution < -0.4 is 9.68 Å². The van der Waals surface area contributed by atoms with Crippen molar-refractivity contribution < 1.29 is 9.68 Å². The topological polar surface area (TPSA) is 21.7 Å². The highest BCUT2D eigenvalue weighted by atomic mass is 16.9. The fourth-order valence-corrected chi connectivity index (χ4v) is 2.70. The Kier molecular flexibility index (Phi) is 6.29. The predicted octanol–water partition coefficient (Wildman–Crippen LogP) is 5.53. The Hall–Kier alpha value is -2.78. The van der Waals surface area contributed by atoms with Crippen LogP contribution in [0.3, 0.4) is 0 Å². The number of hydroxylamine groups is 2. The molecule has 0 atom stereocenters. The summed E-state index contributed by atoms with van der Waals surface area (Å²) in [5, 5.41) is 1.59. The SMILES string of the molecule is Cc1ccccc1ON(CCCc1ccccc1)Oc1ccccc1C. The molecule has 0 saturated heterocycles. The summed E-state index contributed by atoms with van der Waals surface area (Å²) < 4.78 is 0. The van der Waals surface area contributed by atoms with Gasteiger partial charge in [0.2, 0.25) is 0 Å². The number of hydrogen-bond acceptors (Lipinski definition) is 3. The average Bonchev–Trinajstić information content (AvgIpc) is 2.66. The lowest BCUT2D eigenvalue weighted by Gasteiger charge is -2.23. The number of benzene rings is 3. The van der Waals surface area contributed by atoms with Crippen LogP contribution in [0, 0.1) is 13.8 Å². The highest BCUT2D eigenvalue weighted by Crippen LogP contribution is 2.22. The Bertz CT molecular complexity index is 770. The first kappa shape index (κ1) is 18.0. The van der Waals surface area contributed by atoms with E-state index in [0.29, 0.717) is 6.54 Å². The fourth-order valence-electron chi connectivity index (χ4n) is 2.70. The molecule has 3 heteroatoms. The van der Waals surface area contributed by atoms with Gasteiger partial charge in [-0.25, -0.2) is 0 Å². The normalized spacial score (nSPS) is 10.7. The van der Waals surface area contributed by atoms with Crippen LogP contribution in [0.1, 0.15) is 23.1 Å². The highest BCUT2D eigenvalue weighted by Gasteiger charge is 2.12. The molecule has 0 aromatic heterocycles. The molecule has 0 radical (unpaired) electrons. The molecule has 0 fully saturated rings. The van der Waals surface area contributed by atoms with Crippen LogP contribution >= 0.6 is 0 Å². The highest BCUT2D eigenvalue weighted by molar-refractivity contribution is 5.32. The van der Waals surface area contributed by atoms with E-state index in [9.17, 15) is 0 Å². The number of para-hydroxylation sites is 2. The third-order valence-electron chi connectivity index (χ3n) is 4.24. The van der Waals surface area contributed by atoms with Crippen molar-refractivity contribution in [2.75, 3.05) is 6.54 Å². The van der Waals surface area contributed by atoms with Gasteiger partial charge in [-0.2, -0.15) is 0 Å². The minimum absolute atomic E-state index is 0.664. The van der Waals surface area contributed by atoms with Crippen molar-refractivity contribution in [1.82, 2.24) is 5.23 Å². The number of hydrogen-bond donors (Lipinski definition) is 0. The van der Waals surface area contributed by atoms with Gasteiger partial charge in [-0.1, -0.05) is 66.7 Å². The monoisotopic (exact) mass is 347 g/mol. The van der Waals surface area contributed by atoms with Gasteiger partial charge in [0.05, 0.1) is 6.54 Å². The van der Waals surface area contributed by atoms with Crippen LogP contribution in [0.4, 0.5) is 0 Å². The molecule has 3 rings (SSSR count). The summed E-state index contributed by atoms with van der Waals surface area (Å²) in [5.41, 5.74) is 3.47. The Balaban J connectivity index is 1.68. The molecule has 3 aromatic rings. The van der Waals surface area contributed by atoms with Crippen LogP contribution in [0.5, 0.6) is 11.5 Å². The minimum atomic E-state index is 0.664. The third-order valence-corrected chi connectivity index (χ3v) is 4.24. The smallest absolute Gasteiger partial charge is 0.154 e. The molecular weight excluding hydrogens is 322 g/mol. The Labute approximate surface area is 155 Å². The number of rotatable bonds is 8. The summed E-state index contributed by atoms with van der Waals surface area (Å²) in [5.74, 6) is 1.61. The van der Waals surface area contributed by atoms with Crippen molar-refractivity contribution in [2.45, 2.75) is 26.7 Å². The van der Waals surface area contributed by atoms with Gasteiger partial charge >= 0.3 is 0 Å². The Morgan fingerprint density at radius 3 is 1.69 bits per heavy atom. The summed E-state index contributed by atoms with van der Waals surface area (Å²) in [6, 6.07) is 26.4. The van der Waals surface area contributed by atoms with E-state index < -0.39 is 0 Å². The summed E-state index contributed by atoms with van der Waals surface area (Å²) in [6.07, 6.45) is 1.91. The lowest BCUT2D eigenvalue weighted by atomic mass is 10.1. The van der Waals surface area contributed by atoms with Crippen molar-refractivity contribution in [1.29, 1.82) is 0 Å². The quantitative estimate of drug-likeness (QED) is 0.500. The van der Waals surface area contributed by atoms with Crippen LogP contribution in [-0.4, -0.2) is 11.8 Å². The largest absolute Gasteiger partial charge is 0.371 e. The molecule has 0 bridgehead atoms. The Morgan fingerprint density at radius 1 is 0.654 bits per heavy atom. The third kappa shape index (κ3) is 5.11. The molecule has 26 heavy (non-hydrogen) atoms. The second-order valence-corrected chi connectivity index (χ2v) is 6.36. The van der Waals surface area contributed by atoms with E-state index in [0.717, 1.165) is 35.5 Å². The summed E-state index contributed by atoms with van der Waals surface area (Å²) in [4.78, 5) is 12.1. The van der Waals surface area contributed by atoms with Crippen molar-refractivity contribution in [2.24, 2.45) is 0 Å². The van der Waals surface area contributed by atoms with Gasteiger partial charge in [-0.3, -0.25) is 0 Å². The first-order valence-electron chi connectivity index (χ1n) is 9.01. The molecule has 3 nitrogen and oxygen atoms in total. The van der Waals surface area contributed by atoms with E-state index in [1.807, 2.05) is 68.4 Å². The maximum absolute atomic E-state index is 6.05. The van der Waals surface area contributed by atoms with Crippen molar-refractivity contribution >= 4 is 0 Å². The molecule has 0 amide bonds. The van der Waals surface area contributed by atoms with Crippen LogP contribution in [-0.2, 0) is 6.42 Å². The van der Waals surface area contributed by atoms with Crippen LogP contribution in [0.2, 0.25) is 0 Å². The molecule has 0 aliphatic heterocycles. The predicted molar refractivity (Wildman–Crippen MR) is 105 cm³/mol. The molecule has 0 N–H and O–H groups in total. The van der Waals surface area contributed by atoms with Gasteiger partial charge in [0.15, 0.2) is 11.5 Å². The maximum Gasteiger partial charge on any atom is 0.154 e. The minimum Gasteiger partial charge on any atom is -0.371 e. The van der Waals surface area contributed by atoms with E-state index >= 15 is 0 Å². The first-order chi connectivity index (χ1) is 12.7. The Morgan fingerprint density at radius 2 is 1.15 bits per heavy atom. The summed E-state index contributed by atoms with van der Waals surface area (Å²) in [7, 11) is 0. The molecule has 0 unspecified atom stereocenters. The lowest BCUT2D eigenvalue weighted by Crippen LogP contribution is -2.33. The zero-order chi connectivity index (χ0) is 18.2. The van der Waals surface area contributed by atoms with E-state index in [4.69, 9.17) is 9.68 Å². The molecular formula is C23H25NO2. The van der Waals surface area contributed by atoms with Crippen molar-refractivity contribution in [3.8, 4) is 11.5 Å². The first-order valence-corrected chi connectivity index (χ1v) is 9.01. The van der Waals surface area contributed by atoms with Crippen molar-refractivity contribution in [3.05, 3.63) is 95.6 Å². The van der Waals surface area contributed by atoms with Gasteiger partial charge in [0, 0.05) is 5.23 Å². The van der Waals surface area contributed by atoms with Gasteiger partial charge in [-0.05, 0) is 55.5 Å². The lowest BCUT2D eigenvalue weighted by molar-refractivity contribution is -0.257. The van der Waals surface area contributed by atoms with Gasteiger partial charge < -0.3 is 9.68 Å². The second-order valence-electron chi connectivity index (χ2n) is 6.36. The molecule has 0 aliphatic rings. The zero-order valence-corrected chi connectivity index (χ0v) is 15.4. The number of nitrogens with zero attached hydrogens (tertiary/aromatic N) is 1. The molecule has 3 aromatic carbocycles. The zero-order valence-electron chi connectivity index (χ0n) is 15.4. The van der Waals surface area contributed by atoms with E-state index in [1.54, 1.807) is 5.23 Å².